The van der Waals surface area contributed by atoms with Crippen molar-refractivity contribution in [2.45, 2.75) is 35.8 Å². The fourth-order valence-corrected chi connectivity index (χ4v) is 4.65. The van der Waals surface area contributed by atoms with Crippen molar-refractivity contribution in [3.8, 4) is 0 Å². The van der Waals surface area contributed by atoms with Gasteiger partial charge in [0.15, 0.2) is 0 Å². The van der Waals surface area contributed by atoms with Gasteiger partial charge in [-0.2, -0.15) is 0 Å². The van der Waals surface area contributed by atoms with Gasteiger partial charge in [0, 0.05) is 28.8 Å². The SMILES string of the molecule is CC1CCN(C(=O)C2CC(=O)Nc3ccccc32)c2ccccc2S1. The van der Waals surface area contributed by atoms with Crippen LogP contribution in [-0.2, 0) is 9.59 Å². The summed E-state index contributed by atoms with van der Waals surface area (Å²) in [5.74, 6) is -0.497. The molecule has 128 valence electrons. The molecule has 4 nitrogen and oxygen atoms in total. The number of hydrogen-bond donors (Lipinski definition) is 1. The Kier molecular flexibility index (Phi) is 4.25. The Hall–Kier alpha value is -2.27. The molecule has 0 saturated carbocycles. The molecule has 2 unspecified atom stereocenters. The molecule has 4 rings (SSSR count). The van der Waals surface area contributed by atoms with Crippen LogP contribution >= 0.6 is 11.8 Å². The van der Waals surface area contributed by atoms with E-state index in [1.807, 2.05) is 59.1 Å². The van der Waals surface area contributed by atoms with Crippen molar-refractivity contribution < 1.29 is 9.59 Å². The van der Waals surface area contributed by atoms with Crippen molar-refractivity contribution in [2.75, 3.05) is 16.8 Å². The van der Waals surface area contributed by atoms with E-state index >= 15 is 0 Å². The van der Waals surface area contributed by atoms with Crippen LogP contribution in [0, 0.1) is 0 Å². The van der Waals surface area contributed by atoms with Crippen LogP contribution < -0.4 is 10.2 Å². The fraction of sp³-hybridized carbons (Fsp3) is 0.300. The lowest BCUT2D eigenvalue weighted by Gasteiger charge is -2.30. The second kappa shape index (κ2) is 6.56. The van der Waals surface area contributed by atoms with Gasteiger partial charge in [-0.25, -0.2) is 0 Å². The third-order valence-electron chi connectivity index (χ3n) is 4.81. The number of benzene rings is 2. The molecule has 0 bridgehead atoms. The zero-order valence-corrected chi connectivity index (χ0v) is 14.9. The predicted octanol–water partition coefficient (Wildman–Crippen LogP) is 4.03. The summed E-state index contributed by atoms with van der Waals surface area (Å²) in [7, 11) is 0. The maximum atomic E-state index is 13.4. The average Bonchev–Trinajstić information content (AvgIpc) is 2.78. The Morgan fingerprint density at radius 1 is 1.16 bits per heavy atom. The molecule has 2 aliphatic rings. The lowest BCUT2D eigenvalue weighted by atomic mass is 9.89. The third-order valence-corrected chi connectivity index (χ3v) is 6.04. The molecule has 0 spiro atoms. The number of para-hydroxylation sites is 2. The van der Waals surface area contributed by atoms with Gasteiger partial charge in [-0.05, 0) is 30.2 Å². The van der Waals surface area contributed by atoms with Gasteiger partial charge < -0.3 is 10.2 Å². The molecule has 0 aliphatic carbocycles. The van der Waals surface area contributed by atoms with Gasteiger partial charge in [0.2, 0.25) is 11.8 Å². The van der Waals surface area contributed by atoms with Crippen molar-refractivity contribution in [3.63, 3.8) is 0 Å². The van der Waals surface area contributed by atoms with E-state index in [0.717, 1.165) is 28.3 Å². The molecule has 5 heteroatoms. The molecule has 2 aromatic carbocycles. The molecule has 2 aromatic rings. The fourth-order valence-electron chi connectivity index (χ4n) is 3.54. The minimum absolute atomic E-state index is 0.0180. The van der Waals surface area contributed by atoms with Crippen LogP contribution in [0.15, 0.2) is 53.4 Å². The normalized spacial score (nSPS) is 22.4. The number of carbonyl (C=O) groups excluding carboxylic acids is 2. The van der Waals surface area contributed by atoms with Crippen molar-refractivity contribution >= 4 is 35.0 Å². The summed E-state index contributed by atoms with van der Waals surface area (Å²) < 4.78 is 0. The van der Waals surface area contributed by atoms with E-state index in [1.165, 1.54) is 0 Å². The first-order valence-electron chi connectivity index (χ1n) is 8.59. The van der Waals surface area contributed by atoms with E-state index in [-0.39, 0.29) is 18.2 Å². The topological polar surface area (TPSA) is 49.4 Å². The lowest BCUT2D eigenvalue weighted by molar-refractivity contribution is -0.124. The van der Waals surface area contributed by atoms with Gasteiger partial charge in [-0.3, -0.25) is 9.59 Å². The zero-order chi connectivity index (χ0) is 17.4. The van der Waals surface area contributed by atoms with Crippen LogP contribution in [0.5, 0.6) is 0 Å². The third kappa shape index (κ3) is 3.04. The van der Waals surface area contributed by atoms with Crippen LogP contribution in [0.3, 0.4) is 0 Å². The van der Waals surface area contributed by atoms with E-state index in [4.69, 9.17) is 0 Å². The molecule has 2 aliphatic heterocycles. The average molecular weight is 352 g/mol. The molecule has 2 atom stereocenters. The number of rotatable bonds is 1. The zero-order valence-electron chi connectivity index (χ0n) is 14.1. The molecule has 25 heavy (non-hydrogen) atoms. The number of nitrogens with one attached hydrogen (secondary N) is 1. The summed E-state index contributed by atoms with van der Waals surface area (Å²) in [6, 6.07) is 15.7. The minimum Gasteiger partial charge on any atom is -0.326 e. The molecule has 1 N–H and O–H groups in total. The van der Waals surface area contributed by atoms with Crippen molar-refractivity contribution in [3.05, 3.63) is 54.1 Å². The number of nitrogens with zero attached hydrogens (tertiary/aromatic N) is 1. The smallest absolute Gasteiger partial charge is 0.235 e. The van der Waals surface area contributed by atoms with Crippen LogP contribution in [0.2, 0.25) is 0 Å². The van der Waals surface area contributed by atoms with Gasteiger partial charge in [0.05, 0.1) is 11.6 Å². The number of hydrogen-bond acceptors (Lipinski definition) is 3. The minimum atomic E-state index is -0.420. The Morgan fingerprint density at radius 2 is 1.92 bits per heavy atom. The lowest BCUT2D eigenvalue weighted by Crippen LogP contribution is -2.39. The predicted molar refractivity (Wildman–Crippen MR) is 101 cm³/mol. The van der Waals surface area contributed by atoms with Crippen molar-refractivity contribution in [1.82, 2.24) is 0 Å². The second-order valence-corrected chi connectivity index (χ2v) is 8.05. The van der Waals surface area contributed by atoms with E-state index in [1.54, 1.807) is 0 Å². The van der Waals surface area contributed by atoms with Crippen LogP contribution in [-0.4, -0.2) is 23.6 Å². The van der Waals surface area contributed by atoms with Crippen LogP contribution in [0.1, 0.15) is 31.2 Å². The Morgan fingerprint density at radius 3 is 2.80 bits per heavy atom. The summed E-state index contributed by atoms with van der Waals surface area (Å²) in [5.41, 5.74) is 2.63. The monoisotopic (exact) mass is 352 g/mol. The summed E-state index contributed by atoms with van der Waals surface area (Å²) in [5, 5.41) is 3.33. The number of thioether (sulfide) groups is 1. The van der Waals surface area contributed by atoms with Gasteiger partial charge >= 0.3 is 0 Å². The molecule has 2 heterocycles. The number of amides is 2. The molecule has 0 aromatic heterocycles. The van der Waals surface area contributed by atoms with E-state index in [9.17, 15) is 9.59 Å². The molecule has 2 amide bonds. The highest BCUT2D eigenvalue weighted by molar-refractivity contribution is 8.00. The first-order chi connectivity index (χ1) is 12.1. The highest BCUT2D eigenvalue weighted by Gasteiger charge is 2.35. The van der Waals surface area contributed by atoms with E-state index in [2.05, 4.69) is 18.3 Å². The van der Waals surface area contributed by atoms with Crippen molar-refractivity contribution in [2.24, 2.45) is 0 Å². The summed E-state index contributed by atoms with van der Waals surface area (Å²) in [6.45, 7) is 2.88. The molecule has 0 radical (unpaired) electrons. The number of anilines is 2. The standard InChI is InChI=1S/C20H20N2O2S/c1-13-10-11-22(17-8-4-5-9-18(17)25-13)20(24)15-12-19(23)21-16-7-3-2-6-14(15)16/h2-9,13,15H,10-12H2,1H3,(H,21,23). The quantitative estimate of drug-likeness (QED) is 0.843. The van der Waals surface area contributed by atoms with Gasteiger partial charge in [0.1, 0.15) is 0 Å². The Labute approximate surface area is 151 Å². The summed E-state index contributed by atoms with van der Waals surface area (Å²) >= 11 is 1.81. The largest absolute Gasteiger partial charge is 0.326 e. The van der Waals surface area contributed by atoms with Crippen LogP contribution in [0.25, 0.3) is 0 Å². The summed E-state index contributed by atoms with van der Waals surface area (Å²) in [6.07, 6.45) is 1.14. The van der Waals surface area contributed by atoms with Gasteiger partial charge in [0.25, 0.3) is 0 Å². The van der Waals surface area contributed by atoms with Crippen molar-refractivity contribution in [1.29, 1.82) is 0 Å². The van der Waals surface area contributed by atoms with Crippen LogP contribution in [0.4, 0.5) is 11.4 Å². The Balaban J connectivity index is 1.73. The molecular formula is C20H20N2O2S. The highest BCUT2D eigenvalue weighted by atomic mass is 32.2. The van der Waals surface area contributed by atoms with Gasteiger partial charge in [-0.15, -0.1) is 11.8 Å². The molecule has 0 saturated heterocycles. The van der Waals surface area contributed by atoms with E-state index in [0.29, 0.717) is 11.8 Å². The highest BCUT2D eigenvalue weighted by Crippen LogP contribution is 2.40. The maximum Gasteiger partial charge on any atom is 0.235 e. The Bertz CT molecular complexity index is 836. The first-order valence-corrected chi connectivity index (χ1v) is 9.47. The number of carbonyl (C=O) groups is 2. The number of fused-ring (bicyclic) bond motifs is 2. The molecular weight excluding hydrogens is 332 g/mol. The van der Waals surface area contributed by atoms with E-state index < -0.39 is 5.92 Å². The second-order valence-electron chi connectivity index (χ2n) is 6.57. The maximum absolute atomic E-state index is 13.4. The summed E-state index contributed by atoms with van der Waals surface area (Å²) in [4.78, 5) is 28.5. The molecule has 0 fully saturated rings. The first kappa shape index (κ1) is 16.2. The van der Waals surface area contributed by atoms with Gasteiger partial charge in [-0.1, -0.05) is 37.3 Å².